The average molecular weight is 413 g/mol. The molecule has 4 saturated carbocycles. The Balaban J connectivity index is 1.35. The number of amides is 1. The van der Waals surface area contributed by atoms with Crippen molar-refractivity contribution in [3.63, 3.8) is 0 Å². The Morgan fingerprint density at radius 3 is 2.64 bits per heavy atom. The molecular weight excluding hydrogens is 388 g/mol. The average Bonchev–Trinajstić information content (AvgIpc) is 3.15. The van der Waals surface area contributed by atoms with E-state index in [1.165, 1.54) is 31.0 Å². The van der Waals surface area contributed by atoms with Gasteiger partial charge in [0, 0.05) is 17.5 Å². The summed E-state index contributed by atoms with van der Waals surface area (Å²) in [4.78, 5) is 25.1. The molecule has 0 atom stereocenters. The molecule has 0 unspecified atom stereocenters. The Morgan fingerprint density at radius 1 is 1.25 bits per heavy atom. The molecule has 0 saturated heterocycles. The van der Waals surface area contributed by atoms with Gasteiger partial charge in [0.1, 0.15) is 16.2 Å². The molecule has 6 rings (SSSR count). The van der Waals surface area contributed by atoms with Crippen LogP contribution in [0.25, 0.3) is 10.2 Å². The van der Waals surface area contributed by atoms with Crippen LogP contribution in [0.3, 0.4) is 0 Å². The van der Waals surface area contributed by atoms with E-state index >= 15 is 0 Å². The lowest BCUT2D eigenvalue weighted by Gasteiger charge is -2.60. The zero-order valence-corrected chi connectivity index (χ0v) is 17.5. The van der Waals surface area contributed by atoms with Crippen molar-refractivity contribution < 1.29 is 4.79 Å². The SMILES string of the molecule is N#CCCN(C(=O)CSc1ncnc2sccc12)C12CC3CC(CC(C3)C1)C2. The summed E-state index contributed by atoms with van der Waals surface area (Å²) >= 11 is 3.11. The molecule has 0 N–H and O–H groups in total. The summed E-state index contributed by atoms with van der Waals surface area (Å²) < 4.78 is 0. The van der Waals surface area contributed by atoms with Gasteiger partial charge in [0.05, 0.1) is 18.2 Å². The Bertz CT molecular complexity index is 899. The molecule has 0 radical (unpaired) electrons. The summed E-state index contributed by atoms with van der Waals surface area (Å²) in [5.74, 6) is 2.90. The van der Waals surface area contributed by atoms with Crippen molar-refractivity contribution in [2.45, 2.75) is 55.5 Å². The van der Waals surface area contributed by atoms with Crippen LogP contribution in [0.2, 0.25) is 0 Å². The number of aromatic nitrogens is 2. The lowest BCUT2D eigenvalue weighted by Crippen LogP contribution is -2.62. The van der Waals surface area contributed by atoms with Gasteiger partial charge in [0.2, 0.25) is 5.91 Å². The summed E-state index contributed by atoms with van der Waals surface area (Å²) in [7, 11) is 0. The lowest BCUT2D eigenvalue weighted by atomic mass is 9.52. The third-order valence-electron chi connectivity index (χ3n) is 6.88. The fourth-order valence-electron chi connectivity index (χ4n) is 6.27. The fraction of sp³-hybridized carbons (Fsp3) is 0.619. The maximum absolute atomic E-state index is 13.4. The second-order valence-corrected chi connectivity index (χ2v) is 10.6. The lowest BCUT2D eigenvalue weighted by molar-refractivity contribution is -0.147. The van der Waals surface area contributed by atoms with Gasteiger partial charge in [-0.05, 0) is 67.7 Å². The van der Waals surface area contributed by atoms with Crippen LogP contribution in [-0.4, -0.2) is 38.6 Å². The van der Waals surface area contributed by atoms with Crippen LogP contribution in [-0.2, 0) is 4.79 Å². The summed E-state index contributed by atoms with van der Waals surface area (Å²) in [5.41, 5.74) is 0.00656. The van der Waals surface area contributed by atoms with Gasteiger partial charge in [-0.15, -0.1) is 11.3 Å². The number of hydrogen-bond donors (Lipinski definition) is 0. The fourth-order valence-corrected chi connectivity index (χ4v) is 7.93. The zero-order valence-electron chi connectivity index (χ0n) is 15.8. The van der Waals surface area contributed by atoms with Crippen LogP contribution in [0.5, 0.6) is 0 Å². The molecule has 28 heavy (non-hydrogen) atoms. The molecule has 2 heterocycles. The van der Waals surface area contributed by atoms with Crippen LogP contribution in [0.1, 0.15) is 44.9 Å². The first-order chi connectivity index (χ1) is 13.7. The molecule has 4 aliphatic carbocycles. The molecule has 0 spiro atoms. The monoisotopic (exact) mass is 412 g/mol. The third-order valence-corrected chi connectivity index (χ3v) is 8.70. The number of fused-ring (bicyclic) bond motifs is 1. The van der Waals surface area contributed by atoms with E-state index in [9.17, 15) is 10.1 Å². The molecule has 4 bridgehead atoms. The second-order valence-electron chi connectivity index (χ2n) is 8.70. The molecule has 2 aromatic rings. The van der Waals surface area contributed by atoms with Gasteiger partial charge in [-0.3, -0.25) is 4.79 Å². The van der Waals surface area contributed by atoms with E-state index in [4.69, 9.17) is 0 Å². The van der Waals surface area contributed by atoms with Gasteiger partial charge in [-0.25, -0.2) is 9.97 Å². The smallest absolute Gasteiger partial charge is 0.233 e. The van der Waals surface area contributed by atoms with Gasteiger partial charge in [0.15, 0.2) is 0 Å². The molecular formula is C21H24N4OS2. The molecule has 4 fully saturated rings. The molecule has 2 aromatic heterocycles. The van der Waals surface area contributed by atoms with Crippen molar-refractivity contribution in [3.05, 3.63) is 17.8 Å². The second kappa shape index (κ2) is 7.31. The van der Waals surface area contributed by atoms with E-state index in [-0.39, 0.29) is 11.4 Å². The highest BCUT2D eigenvalue weighted by molar-refractivity contribution is 8.00. The van der Waals surface area contributed by atoms with Crippen LogP contribution in [0.4, 0.5) is 0 Å². The van der Waals surface area contributed by atoms with E-state index in [0.29, 0.717) is 18.7 Å². The predicted octanol–water partition coefficient (Wildman–Crippen LogP) is 4.49. The van der Waals surface area contributed by atoms with Gasteiger partial charge in [-0.2, -0.15) is 5.26 Å². The number of thiophene rings is 1. The minimum Gasteiger partial charge on any atom is -0.335 e. The number of carbonyl (C=O) groups excluding carboxylic acids is 1. The van der Waals surface area contributed by atoms with E-state index in [0.717, 1.165) is 52.3 Å². The van der Waals surface area contributed by atoms with Crippen LogP contribution >= 0.6 is 23.1 Å². The first-order valence-corrected chi connectivity index (χ1v) is 12.0. The van der Waals surface area contributed by atoms with Gasteiger partial charge >= 0.3 is 0 Å². The number of rotatable bonds is 6. The minimum atomic E-state index is 0.00656. The van der Waals surface area contributed by atoms with E-state index in [1.807, 2.05) is 11.4 Å². The predicted molar refractivity (Wildman–Crippen MR) is 111 cm³/mol. The topological polar surface area (TPSA) is 69.9 Å². The Labute approximate surface area is 173 Å². The summed E-state index contributed by atoms with van der Waals surface area (Å²) in [6.45, 7) is 0.569. The largest absolute Gasteiger partial charge is 0.335 e. The van der Waals surface area contributed by atoms with Crippen LogP contribution < -0.4 is 0 Å². The summed E-state index contributed by atoms with van der Waals surface area (Å²) in [6.07, 6.45) is 9.48. The van der Waals surface area contributed by atoms with Crippen molar-refractivity contribution in [1.82, 2.24) is 14.9 Å². The standard InChI is InChI=1S/C21H24N4OS2/c22-3-1-4-25(21-9-14-6-15(10-21)8-16(7-14)11-21)18(26)12-28-20-17-2-5-27-19(17)23-13-24-20/h2,5,13-16H,1,4,6-12H2. The minimum absolute atomic E-state index is 0.00656. The van der Waals surface area contributed by atoms with Crippen molar-refractivity contribution in [2.75, 3.05) is 12.3 Å². The highest BCUT2D eigenvalue weighted by atomic mass is 32.2. The molecule has 4 aliphatic rings. The third kappa shape index (κ3) is 3.21. The highest BCUT2D eigenvalue weighted by Gasteiger charge is 2.54. The molecule has 5 nitrogen and oxygen atoms in total. The number of nitriles is 1. The van der Waals surface area contributed by atoms with Crippen molar-refractivity contribution >= 4 is 39.2 Å². The van der Waals surface area contributed by atoms with Crippen molar-refractivity contribution in [1.29, 1.82) is 5.26 Å². The van der Waals surface area contributed by atoms with E-state index in [1.54, 1.807) is 17.7 Å². The van der Waals surface area contributed by atoms with Gasteiger partial charge in [-0.1, -0.05) is 11.8 Å². The quantitative estimate of drug-likeness (QED) is 0.516. The first-order valence-electron chi connectivity index (χ1n) is 10.2. The van der Waals surface area contributed by atoms with Gasteiger partial charge < -0.3 is 4.90 Å². The first kappa shape index (κ1) is 18.4. The number of nitrogens with zero attached hydrogens (tertiary/aromatic N) is 4. The Morgan fingerprint density at radius 2 is 1.96 bits per heavy atom. The maximum atomic E-state index is 13.4. The number of carbonyl (C=O) groups is 1. The molecule has 0 aliphatic heterocycles. The molecule has 0 aromatic carbocycles. The molecule has 7 heteroatoms. The molecule has 1 amide bonds. The zero-order chi connectivity index (χ0) is 19.1. The summed E-state index contributed by atoms with van der Waals surface area (Å²) in [5, 5.41) is 13.1. The number of hydrogen-bond acceptors (Lipinski definition) is 6. The van der Waals surface area contributed by atoms with Crippen LogP contribution in [0, 0.1) is 29.1 Å². The highest BCUT2D eigenvalue weighted by Crippen LogP contribution is 2.58. The van der Waals surface area contributed by atoms with Crippen molar-refractivity contribution in [2.24, 2.45) is 17.8 Å². The van der Waals surface area contributed by atoms with Gasteiger partial charge in [0.25, 0.3) is 0 Å². The normalized spacial score (nSPS) is 30.5. The Kier molecular flexibility index (Phi) is 4.80. The number of thioether (sulfide) groups is 1. The maximum Gasteiger partial charge on any atom is 0.233 e. The summed E-state index contributed by atoms with van der Waals surface area (Å²) in [6, 6.07) is 4.29. The van der Waals surface area contributed by atoms with E-state index in [2.05, 4.69) is 20.9 Å². The van der Waals surface area contributed by atoms with Crippen molar-refractivity contribution in [3.8, 4) is 6.07 Å². The molecule has 146 valence electrons. The van der Waals surface area contributed by atoms with E-state index < -0.39 is 0 Å². The van der Waals surface area contributed by atoms with Crippen LogP contribution in [0.15, 0.2) is 22.8 Å². The Hall–Kier alpha value is -1.65.